The highest BCUT2D eigenvalue weighted by Gasteiger charge is 2.18. The average Bonchev–Trinajstić information content (AvgIpc) is 2.69. The number of carbonyl (C=O) groups is 1. The number of nitrogens with zero attached hydrogens (tertiary/aromatic N) is 5. The van der Waals surface area contributed by atoms with Crippen molar-refractivity contribution in [3.8, 4) is 11.9 Å². The summed E-state index contributed by atoms with van der Waals surface area (Å²) in [5.41, 5.74) is 0.273. The van der Waals surface area contributed by atoms with E-state index in [1.165, 1.54) is 22.8 Å². The minimum atomic E-state index is -0.765. The van der Waals surface area contributed by atoms with Gasteiger partial charge in [0.25, 0.3) is 11.6 Å². The van der Waals surface area contributed by atoms with Gasteiger partial charge in [0, 0.05) is 24.6 Å². The van der Waals surface area contributed by atoms with Gasteiger partial charge in [-0.15, -0.1) is 10.2 Å². The van der Waals surface area contributed by atoms with Crippen LogP contribution in [-0.4, -0.2) is 20.5 Å². The number of nitriles is 1. The highest BCUT2D eigenvalue weighted by Crippen LogP contribution is 2.39. The van der Waals surface area contributed by atoms with E-state index in [4.69, 9.17) is 5.26 Å². The Bertz CT molecular complexity index is 815. The maximum absolute atomic E-state index is 11.2. The molecular formula is C12H9N5O4. The van der Waals surface area contributed by atoms with Crippen LogP contribution >= 0.6 is 0 Å². The molecule has 0 atom stereocenters. The fourth-order valence-corrected chi connectivity index (χ4v) is 1.82. The number of amides is 1. The van der Waals surface area contributed by atoms with Crippen LogP contribution in [-0.2, 0) is 11.8 Å². The van der Waals surface area contributed by atoms with Crippen molar-refractivity contribution in [2.45, 2.75) is 6.42 Å². The molecule has 0 saturated carbocycles. The molecule has 1 aromatic heterocycles. The van der Waals surface area contributed by atoms with E-state index < -0.39 is 17.3 Å². The SMILES string of the molecule is Cn1c(O)c(N=NC(=O)CC#N)c2cc([N+](=O)[O-])ccc21. The number of aromatic nitrogens is 1. The molecule has 1 amide bonds. The summed E-state index contributed by atoms with van der Waals surface area (Å²) in [5.74, 6) is -1.04. The molecule has 0 aliphatic heterocycles. The Hall–Kier alpha value is -3.28. The Morgan fingerprint density at radius 3 is 2.90 bits per heavy atom. The Kier molecular flexibility index (Phi) is 3.62. The standard InChI is InChI=1S/C12H9N5O4/c1-16-9-3-2-7(17(20)21)6-8(9)11(12(16)19)15-14-10(18)4-5-13/h2-3,6,19H,4H2,1H3. The fourth-order valence-electron chi connectivity index (χ4n) is 1.82. The predicted octanol–water partition coefficient (Wildman–Crippen LogP) is 2.32. The largest absolute Gasteiger partial charge is 0.493 e. The number of nitro benzene ring substituents is 1. The maximum atomic E-state index is 11.2. The van der Waals surface area contributed by atoms with Crippen molar-refractivity contribution in [1.82, 2.24) is 4.57 Å². The van der Waals surface area contributed by atoms with Gasteiger partial charge in [0.15, 0.2) is 5.69 Å². The van der Waals surface area contributed by atoms with Gasteiger partial charge < -0.3 is 9.67 Å². The maximum Gasteiger partial charge on any atom is 0.278 e. The molecule has 1 heterocycles. The second-order valence-corrected chi connectivity index (χ2v) is 4.12. The van der Waals surface area contributed by atoms with Gasteiger partial charge in [-0.25, -0.2) is 0 Å². The molecular weight excluding hydrogens is 278 g/mol. The Balaban J connectivity index is 2.59. The van der Waals surface area contributed by atoms with Crippen molar-refractivity contribution >= 4 is 28.2 Å². The second kappa shape index (κ2) is 5.38. The molecule has 0 radical (unpaired) electrons. The first-order valence-corrected chi connectivity index (χ1v) is 5.73. The van der Waals surface area contributed by atoms with E-state index in [1.54, 1.807) is 13.1 Å². The Labute approximate surface area is 117 Å². The minimum absolute atomic E-state index is 0.0533. The molecule has 0 bridgehead atoms. The molecule has 0 fully saturated rings. The first-order chi connectivity index (χ1) is 9.95. The molecule has 1 aromatic carbocycles. The topological polar surface area (TPSA) is 134 Å². The van der Waals surface area contributed by atoms with Crippen LogP contribution in [0.25, 0.3) is 10.9 Å². The summed E-state index contributed by atoms with van der Waals surface area (Å²) in [7, 11) is 1.54. The van der Waals surface area contributed by atoms with Crippen LogP contribution in [0.4, 0.5) is 11.4 Å². The van der Waals surface area contributed by atoms with E-state index >= 15 is 0 Å². The number of hydrogen-bond donors (Lipinski definition) is 1. The molecule has 9 nitrogen and oxygen atoms in total. The molecule has 21 heavy (non-hydrogen) atoms. The van der Waals surface area contributed by atoms with Crippen LogP contribution in [0.3, 0.4) is 0 Å². The number of carbonyl (C=O) groups excluding carboxylic acids is 1. The van der Waals surface area contributed by atoms with Crippen LogP contribution in [0.5, 0.6) is 5.88 Å². The van der Waals surface area contributed by atoms with Crippen molar-refractivity contribution in [3.63, 3.8) is 0 Å². The first-order valence-electron chi connectivity index (χ1n) is 5.73. The van der Waals surface area contributed by atoms with Gasteiger partial charge in [-0.1, -0.05) is 0 Å². The van der Waals surface area contributed by atoms with E-state index in [-0.39, 0.29) is 22.6 Å². The highest BCUT2D eigenvalue weighted by molar-refractivity contribution is 5.96. The second-order valence-electron chi connectivity index (χ2n) is 4.12. The van der Waals surface area contributed by atoms with Gasteiger partial charge in [-0.3, -0.25) is 14.9 Å². The molecule has 0 unspecified atom stereocenters. The molecule has 0 aliphatic rings. The number of aromatic hydroxyl groups is 1. The van der Waals surface area contributed by atoms with Gasteiger partial charge in [0.05, 0.1) is 16.5 Å². The van der Waals surface area contributed by atoms with E-state index in [0.29, 0.717) is 5.52 Å². The lowest BCUT2D eigenvalue weighted by Crippen LogP contribution is -1.88. The van der Waals surface area contributed by atoms with Crippen molar-refractivity contribution in [2.24, 2.45) is 17.3 Å². The third-order valence-corrected chi connectivity index (χ3v) is 2.83. The van der Waals surface area contributed by atoms with E-state index in [1.807, 2.05) is 0 Å². The van der Waals surface area contributed by atoms with Crippen molar-refractivity contribution < 1.29 is 14.8 Å². The lowest BCUT2D eigenvalue weighted by atomic mass is 10.2. The zero-order chi connectivity index (χ0) is 15.6. The van der Waals surface area contributed by atoms with E-state index in [9.17, 15) is 20.0 Å². The number of non-ortho nitro benzene ring substituents is 1. The van der Waals surface area contributed by atoms with E-state index in [2.05, 4.69) is 10.2 Å². The monoisotopic (exact) mass is 287 g/mol. The van der Waals surface area contributed by atoms with Gasteiger partial charge in [-0.05, 0) is 6.07 Å². The average molecular weight is 287 g/mol. The van der Waals surface area contributed by atoms with Crippen molar-refractivity contribution in [1.29, 1.82) is 5.26 Å². The van der Waals surface area contributed by atoms with Crippen molar-refractivity contribution in [2.75, 3.05) is 0 Å². The normalized spacial score (nSPS) is 10.9. The van der Waals surface area contributed by atoms with Gasteiger partial charge >= 0.3 is 0 Å². The number of nitro groups is 1. The van der Waals surface area contributed by atoms with Gasteiger partial charge in [-0.2, -0.15) is 5.26 Å². The molecule has 0 spiro atoms. The highest BCUT2D eigenvalue weighted by atomic mass is 16.6. The molecule has 9 heteroatoms. The van der Waals surface area contributed by atoms with E-state index in [0.717, 1.165) is 0 Å². The Morgan fingerprint density at radius 1 is 1.57 bits per heavy atom. The molecule has 2 rings (SSSR count). The fraction of sp³-hybridized carbons (Fsp3) is 0.167. The molecule has 0 saturated heterocycles. The zero-order valence-corrected chi connectivity index (χ0v) is 10.8. The van der Waals surface area contributed by atoms with Crippen LogP contribution in [0.2, 0.25) is 0 Å². The number of hydrogen-bond acceptors (Lipinski definition) is 6. The van der Waals surface area contributed by atoms with Crippen LogP contribution in [0.15, 0.2) is 28.4 Å². The summed E-state index contributed by atoms with van der Waals surface area (Å²) in [6, 6.07) is 5.62. The number of fused-ring (bicyclic) bond motifs is 1. The predicted molar refractivity (Wildman–Crippen MR) is 71.0 cm³/mol. The number of rotatable bonds is 3. The molecule has 2 aromatic rings. The quantitative estimate of drug-likeness (QED) is 0.525. The zero-order valence-electron chi connectivity index (χ0n) is 10.8. The van der Waals surface area contributed by atoms with Crippen LogP contribution in [0.1, 0.15) is 6.42 Å². The number of aryl methyl sites for hydroxylation is 1. The lowest BCUT2D eigenvalue weighted by Gasteiger charge is -1.95. The lowest BCUT2D eigenvalue weighted by molar-refractivity contribution is -0.384. The Morgan fingerprint density at radius 2 is 2.29 bits per heavy atom. The molecule has 106 valence electrons. The summed E-state index contributed by atoms with van der Waals surface area (Å²) in [5, 5.41) is 36.3. The third-order valence-electron chi connectivity index (χ3n) is 2.83. The smallest absolute Gasteiger partial charge is 0.278 e. The van der Waals surface area contributed by atoms with Gasteiger partial charge in [0.2, 0.25) is 5.88 Å². The van der Waals surface area contributed by atoms with Crippen LogP contribution in [0, 0.1) is 21.4 Å². The summed E-state index contributed by atoms with van der Waals surface area (Å²) >= 11 is 0. The minimum Gasteiger partial charge on any atom is -0.493 e. The third kappa shape index (κ3) is 2.55. The summed E-state index contributed by atoms with van der Waals surface area (Å²) in [4.78, 5) is 21.4. The molecule has 0 aliphatic carbocycles. The number of benzene rings is 1. The first kappa shape index (κ1) is 14.1. The van der Waals surface area contributed by atoms with Gasteiger partial charge in [0.1, 0.15) is 6.42 Å². The number of azo groups is 1. The summed E-state index contributed by atoms with van der Waals surface area (Å²) < 4.78 is 1.36. The summed E-state index contributed by atoms with van der Waals surface area (Å²) in [6.45, 7) is 0. The van der Waals surface area contributed by atoms with Crippen molar-refractivity contribution in [3.05, 3.63) is 28.3 Å². The van der Waals surface area contributed by atoms with Crippen LogP contribution < -0.4 is 0 Å². The molecule has 1 N–H and O–H groups in total. The summed E-state index contributed by atoms with van der Waals surface area (Å²) in [6.07, 6.45) is -0.435.